The number of hydrogen-bond donors (Lipinski definition) is 0. The maximum Gasteiger partial charge on any atom is 0.274 e. The highest BCUT2D eigenvalue weighted by atomic mass is 32.1. The van der Waals surface area contributed by atoms with E-state index in [2.05, 4.69) is 26.4 Å². The van der Waals surface area contributed by atoms with Gasteiger partial charge in [0.05, 0.1) is 25.8 Å². The van der Waals surface area contributed by atoms with E-state index in [0.717, 1.165) is 30.5 Å². The van der Waals surface area contributed by atoms with Crippen LogP contribution in [0.5, 0.6) is 0 Å². The summed E-state index contributed by atoms with van der Waals surface area (Å²) in [5.41, 5.74) is 0.551. The number of imidazole rings is 1. The second-order valence-electron chi connectivity index (χ2n) is 6.15. The van der Waals surface area contributed by atoms with Crippen molar-refractivity contribution in [2.45, 2.75) is 26.1 Å². The van der Waals surface area contributed by atoms with Crippen LogP contribution in [0.1, 0.15) is 34.3 Å². The lowest BCUT2D eigenvalue weighted by Crippen LogP contribution is -2.40. The Morgan fingerprint density at radius 1 is 1.33 bits per heavy atom. The maximum absolute atomic E-state index is 12.6. The van der Waals surface area contributed by atoms with Gasteiger partial charge in [-0.1, -0.05) is 0 Å². The molecule has 4 heterocycles. The molecule has 128 valence electrons. The van der Waals surface area contributed by atoms with Crippen molar-refractivity contribution in [2.24, 2.45) is 0 Å². The lowest BCUT2D eigenvalue weighted by Gasteiger charge is -2.32. The van der Waals surface area contributed by atoms with Gasteiger partial charge in [-0.05, 0) is 6.92 Å². The molecule has 0 aromatic carbocycles. The molecule has 0 radical (unpaired) electrons. The Bertz CT molecular complexity index is 708. The number of amides is 1. The molecule has 0 spiro atoms. The van der Waals surface area contributed by atoms with Gasteiger partial charge in [-0.3, -0.25) is 9.69 Å². The van der Waals surface area contributed by atoms with Gasteiger partial charge in [-0.15, -0.1) is 11.3 Å². The number of rotatable bonds is 3. The van der Waals surface area contributed by atoms with Crippen molar-refractivity contribution in [3.05, 3.63) is 34.3 Å². The van der Waals surface area contributed by atoms with E-state index in [-0.39, 0.29) is 11.9 Å². The van der Waals surface area contributed by atoms with E-state index in [1.54, 1.807) is 11.3 Å². The SMILES string of the molecule is C[C@H]1c2nc(C(=O)N3CCOCC3)cn2CCN1Cc1nccs1. The van der Waals surface area contributed by atoms with E-state index in [1.807, 2.05) is 22.7 Å². The zero-order valence-electron chi connectivity index (χ0n) is 13.7. The molecule has 2 aliphatic heterocycles. The van der Waals surface area contributed by atoms with Gasteiger partial charge >= 0.3 is 0 Å². The lowest BCUT2D eigenvalue weighted by atomic mass is 10.2. The summed E-state index contributed by atoms with van der Waals surface area (Å²) in [4.78, 5) is 25.9. The van der Waals surface area contributed by atoms with E-state index in [1.165, 1.54) is 0 Å². The highest BCUT2D eigenvalue weighted by molar-refractivity contribution is 7.09. The molecule has 1 saturated heterocycles. The number of nitrogens with zero attached hydrogens (tertiary/aromatic N) is 5. The fraction of sp³-hybridized carbons (Fsp3) is 0.562. The Kier molecular flexibility index (Phi) is 4.34. The molecule has 1 fully saturated rings. The molecule has 0 bridgehead atoms. The summed E-state index contributed by atoms with van der Waals surface area (Å²) in [6, 6.07) is 0.175. The highest BCUT2D eigenvalue weighted by Gasteiger charge is 2.29. The van der Waals surface area contributed by atoms with Crippen LogP contribution in [-0.2, 0) is 17.8 Å². The van der Waals surface area contributed by atoms with Gasteiger partial charge < -0.3 is 14.2 Å². The number of hydrogen-bond acceptors (Lipinski definition) is 6. The number of morpholine rings is 1. The minimum atomic E-state index is 0.0128. The number of fused-ring (bicyclic) bond motifs is 1. The van der Waals surface area contributed by atoms with Crippen LogP contribution in [0.15, 0.2) is 17.8 Å². The Labute approximate surface area is 144 Å². The summed E-state index contributed by atoms with van der Waals surface area (Å²) in [7, 11) is 0. The van der Waals surface area contributed by atoms with Gasteiger partial charge in [-0.25, -0.2) is 9.97 Å². The summed E-state index contributed by atoms with van der Waals surface area (Å²) in [6.45, 7) is 7.28. The predicted molar refractivity (Wildman–Crippen MR) is 89.9 cm³/mol. The number of thiazole rings is 1. The first-order valence-corrected chi connectivity index (χ1v) is 9.17. The molecule has 24 heavy (non-hydrogen) atoms. The Morgan fingerprint density at radius 3 is 2.92 bits per heavy atom. The van der Waals surface area contributed by atoms with Crippen molar-refractivity contribution in [3.8, 4) is 0 Å². The van der Waals surface area contributed by atoms with Gasteiger partial charge in [0.1, 0.15) is 16.5 Å². The molecule has 4 rings (SSSR count). The van der Waals surface area contributed by atoms with Crippen LogP contribution in [0.25, 0.3) is 0 Å². The smallest absolute Gasteiger partial charge is 0.274 e. The molecule has 1 atom stereocenters. The topological polar surface area (TPSA) is 63.5 Å². The van der Waals surface area contributed by atoms with E-state index >= 15 is 0 Å². The van der Waals surface area contributed by atoms with Crippen LogP contribution in [0.4, 0.5) is 0 Å². The molecule has 2 aromatic heterocycles. The highest BCUT2D eigenvalue weighted by Crippen LogP contribution is 2.27. The predicted octanol–water partition coefficient (Wildman–Crippen LogP) is 1.39. The van der Waals surface area contributed by atoms with E-state index in [0.29, 0.717) is 32.0 Å². The summed E-state index contributed by atoms with van der Waals surface area (Å²) in [5, 5.41) is 3.12. The molecule has 0 aliphatic carbocycles. The van der Waals surface area contributed by atoms with Gasteiger partial charge in [0.25, 0.3) is 5.91 Å². The summed E-state index contributed by atoms with van der Waals surface area (Å²) in [6.07, 6.45) is 3.75. The number of aromatic nitrogens is 3. The monoisotopic (exact) mass is 347 g/mol. The largest absolute Gasteiger partial charge is 0.378 e. The van der Waals surface area contributed by atoms with E-state index in [4.69, 9.17) is 4.74 Å². The van der Waals surface area contributed by atoms with Crippen LogP contribution in [0, 0.1) is 0 Å². The van der Waals surface area contributed by atoms with E-state index in [9.17, 15) is 4.79 Å². The van der Waals surface area contributed by atoms with E-state index < -0.39 is 0 Å². The first-order chi connectivity index (χ1) is 11.7. The lowest BCUT2D eigenvalue weighted by molar-refractivity contribution is 0.0299. The quantitative estimate of drug-likeness (QED) is 0.840. The minimum Gasteiger partial charge on any atom is -0.378 e. The Balaban J connectivity index is 1.51. The Morgan fingerprint density at radius 2 is 2.17 bits per heavy atom. The fourth-order valence-electron chi connectivity index (χ4n) is 3.29. The normalized spacial score (nSPS) is 21.7. The van der Waals surface area contributed by atoms with Crippen LogP contribution in [0.3, 0.4) is 0 Å². The second-order valence-corrected chi connectivity index (χ2v) is 7.13. The molecular weight excluding hydrogens is 326 g/mol. The molecule has 0 saturated carbocycles. The van der Waals surface area contributed by atoms with Crippen molar-refractivity contribution < 1.29 is 9.53 Å². The van der Waals surface area contributed by atoms with Crippen molar-refractivity contribution >= 4 is 17.2 Å². The molecule has 8 heteroatoms. The molecule has 2 aliphatic rings. The van der Waals surface area contributed by atoms with Crippen molar-refractivity contribution in [3.63, 3.8) is 0 Å². The molecule has 0 unspecified atom stereocenters. The zero-order valence-corrected chi connectivity index (χ0v) is 14.5. The Hall–Kier alpha value is -1.77. The maximum atomic E-state index is 12.6. The van der Waals surface area contributed by atoms with Crippen LogP contribution >= 0.6 is 11.3 Å². The molecule has 1 amide bonds. The molecule has 2 aromatic rings. The number of carbonyl (C=O) groups is 1. The molecule has 0 N–H and O–H groups in total. The third-order valence-electron chi connectivity index (χ3n) is 4.70. The summed E-state index contributed by atoms with van der Waals surface area (Å²) < 4.78 is 7.44. The first-order valence-electron chi connectivity index (χ1n) is 8.29. The fourth-order valence-corrected chi connectivity index (χ4v) is 3.93. The van der Waals surface area contributed by atoms with Gasteiger partial charge in [0.15, 0.2) is 0 Å². The van der Waals surface area contributed by atoms with Crippen LogP contribution in [0.2, 0.25) is 0 Å². The molecule has 7 nitrogen and oxygen atoms in total. The first kappa shape index (κ1) is 15.7. The summed E-state index contributed by atoms with van der Waals surface area (Å²) in [5.74, 6) is 0.980. The summed E-state index contributed by atoms with van der Waals surface area (Å²) >= 11 is 1.68. The van der Waals surface area contributed by atoms with Gasteiger partial charge in [0, 0.05) is 44.0 Å². The standard InChI is InChI=1S/C16H21N5O2S/c1-12-15-18-13(16(22)19-5-7-23-8-6-19)10-21(15)4-3-20(12)11-14-17-2-9-24-14/h2,9-10,12H,3-8,11H2,1H3/t12-/m0/s1. The van der Waals surface area contributed by atoms with Crippen LogP contribution < -0.4 is 0 Å². The third kappa shape index (κ3) is 2.97. The zero-order chi connectivity index (χ0) is 16.5. The van der Waals surface area contributed by atoms with Crippen molar-refractivity contribution in [1.82, 2.24) is 24.3 Å². The van der Waals surface area contributed by atoms with Crippen molar-refractivity contribution in [2.75, 3.05) is 32.8 Å². The second kappa shape index (κ2) is 6.62. The van der Waals surface area contributed by atoms with Gasteiger partial charge in [0.2, 0.25) is 0 Å². The van der Waals surface area contributed by atoms with Crippen molar-refractivity contribution in [1.29, 1.82) is 0 Å². The van der Waals surface area contributed by atoms with Gasteiger partial charge in [-0.2, -0.15) is 0 Å². The molecular formula is C16H21N5O2S. The number of ether oxygens (including phenoxy) is 1. The average molecular weight is 347 g/mol. The van der Waals surface area contributed by atoms with Crippen LogP contribution in [-0.4, -0.2) is 63.1 Å². The minimum absolute atomic E-state index is 0.0128. The average Bonchev–Trinajstić information content (AvgIpc) is 3.27. The third-order valence-corrected chi connectivity index (χ3v) is 5.46. The number of carbonyl (C=O) groups excluding carboxylic acids is 1.